The van der Waals surface area contributed by atoms with E-state index in [0.29, 0.717) is 17.9 Å². The second kappa shape index (κ2) is 6.47. The van der Waals surface area contributed by atoms with E-state index >= 15 is 0 Å². The number of nitrogens with two attached hydrogens (primary N) is 1. The third-order valence-electron chi connectivity index (χ3n) is 4.92. The van der Waals surface area contributed by atoms with Crippen LogP contribution in [-0.4, -0.2) is 65.6 Å². The Kier molecular flexibility index (Phi) is 4.69. The van der Waals surface area contributed by atoms with Crippen molar-refractivity contribution in [3.63, 3.8) is 0 Å². The molecule has 24 heavy (non-hydrogen) atoms. The first kappa shape index (κ1) is 17.4. The summed E-state index contributed by atoms with van der Waals surface area (Å²) >= 11 is 0. The lowest BCUT2D eigenvalue weighted by atomic mass is 9.91. The first-order valence-electron chi connectivity index (χ1n) is 8.07. The van der Waals surface area contributed by atoms with Crippen molar-refractivity contribution in [2.75, 3.05) is 6.54 Å². The largest absolute Gasteiger partial charge is 0.418 e. The van der Waals surface area contributed by atoms with Crippen LogP contribution in [-0.2, 0) is 19.5 Å². The fourth-order valence-electron chi connectivity index (χ4n) is 3.67. The molecule has 0 aromatic heterocycles. The van der Waals surface area contributed by atoms with E-state index in [4.69, 9.17) is 10.3 Å². The highest BCUT2D eigenvalue weighted by Gasteiger charge is 2.49. The highest BCUT2D eigenvalue weighted by Crippen LogP contribution is 2.31. The molecule has 136 valence electrons. The van der Waals surface area contributed by atoms with Gasteiger partial charge in [-0.05, 0) is 38.5 Å². The number of hydroxylamine groups is 2. The maximum Gasteiger partial charge on any atom is 0.418 e. The molecule has 4 N–H and O–H groups in total. The first-order chi connectivity index (χ1) is 11.2. The average Bonchev–Trinajstić information content (AvgIpc) is 2.73. The van der Waals surface area contributed by atoms with E-state index < -0.39 is 28.5 Å². The van der Waals surface area contributed by atoms with Crippen molar-refractivity contribution in [1.82, 2.24) is 15.3 Å². The van der Waals surface area contributed by atoms with Crippen molar-refractivity contribution in [2.45, 2.75) is 62.7 Å². The van der Waals surface area contributed by atoms with Crippen LogP contribution in [0.2, 0.25) is 0 Å². The van der Waals surface area contributed by atoms with Gasteiger partial charge in [0, 0.05) is 18.6 Å². The van der Waals surface area contributed by atoms with Crippen molar-refractivity contribution in [1.29, 1.82) is 0 Å². The number of carbonyl (C=O) groups is 2. The van der Waals surface area contributed by atoms with Gasteiger partial charge in [-0.25, -0.2) is 4.79 Å². The summed E-state index contributed by atoms with van der Waals surface area (Å²) in [6.45, 7) is 0.196. The van der Waals surface area contributed by atoms with Gasteiger partial charge in [0.05, 0.1) is 6.04 Å². The number of hydrogen-bond acceptors (Lipinski definition) is 6. The zero-order chi connectivity index (χ0) is 17.5. The minimum Gasteiger partial charge on any atom is -0.352 e. The van der Waals surface area contributed by atoms with Crippen molar-refractivity contribution in [3.05, 3.63) is 0 Å². The van der Waals surface area contributed by atoms with Crippen LogP contribution in [0.15, 0.2) is 0 Å². The zero-order valence-electron chi connectivity index (χ0n) is 13.1. The molecule has 2 heterocycles. The number of piperidine rings is 1. The van der Waals surface area contributed by atoms with Crippen LogP contribution in [0.4, 0.5) is 4.79 Å². The summed E-state index contributed by atoms with van der Waals surface area (Å²) < 4.78 is 34.8. The molecule has 2 bridgehead atoms. The standard InChI is InChI=1S/C13H22N4O6S/c14-8-1-3-9(4-2-8)15-12(18)11-6-5-10-7-16(11)13(19)17(10)23-24(20,21)22/h8-11H,1-7,14H2,(H,15,18)(H,20,21,22)/t8?,9?,10-,11+/m1/s1. The second-order valence-electron chi connectivity index (χ2n) is 6.63. The van der Waals surface area contributed by atoms with Crippen LogP contribution in [0.25, 0.3) is 0 Å². The van der Waals surface area contributed by atoms with Gasteiger partial charge >= 0.3 is 16.4 Å². The summed E-state index contributed by atoms with van der Waals surface area (Å²) in [5, 5.41) is 3.60. The number of nitrogens with one attached hydrogen (secondary N) is 1. The molecule has 0 unspecified atom stereocenters. The second-order valence-corrected chi connectivity index (χ2v) is 7.63. The van der Waals surface area contributed by atoms with Gasteiger partial charge in [0.15, 0.2) is 0 Å². The minimum absolute atomic E-state index is 0.0536. The van der Waals surface area contributed by atoms with Gasteiger partial charge < -0.3 is 16.0 Å². The van der Waals surface area contributed by atoms with Gasteiger partial charge in [-0.15, -0.1) is 4.28 Å². The van der Waals surface area contributed by atoms with Gasteiger partial charge in [-0.3, -0.25) is 9.35 Å². The van der Waals surface area contributed by atoms with E-state index in [0.717, 1.165) is 25.7 Å². The Bertz CT molecular complexity index is 618. The summed E-state index contributed by atoms with van der Waals surface area (Å²) in [7, 11) is -4.78. The molecular weight excluding hydrogens is 340 g/mol. The SMILES string of the molecule is NC1CCC(NC(=O)[C@@H]2CC[C@@H]3CN2C(=O)N3OS(=O)(=O)O)CC1. The van der Waals surface area contributed by atoms with Crippen LogP contribution in [0.1, 0.15) is 38.5 Å². The molecule has 0 spiro atoms. The molecule has 0 radical (unpaired) electrons. The van der Waals surface area contributed by atoms with Crippen LogP contribution in [0, 0.1) is 0 Å². The summed E-state index contributed by atoms with van der Waals surface area (Å²) in [6, 6.07) is -1.63. The van der Waals surface area contributed by atoms with Gasteiger partial charge in [0.2, 0.25) is 5.91 Å². The monoisotopic (exact) mass is 362 g/mol. The van der Waals surface area contributed by atoms with Crippen LogP contribution < -0.4 is 11.1 Å². The van der Waals surface area contributed by atoms with Gasteiger partial charge in [-0.1, -0.05) is 0 Å². The summed E-state index contributed by atoms with van der Waals surface area (Å²) in [4.78, 5) is 26.1. The Morgan fingerprint density at radius 2 is 1.88 bits per heavy atom. The van der Waals surface area contributed by atoms with E-state index in [1.165, 1.54) is 4.90 Å². The first-order valence-corrected chi connectivity index (χ1v) is 9.44. The molecule has 1 saturated carbocycles. The Morgan fingerprint density at radius 1 is 1.21 bits per heavy atom. The Morgan fingerprint density at radius 3 is 2.50 bits per heavy atom. The predicted molar refractivity (Wildman–Crippen MR) is 81.8 cm³/mol. The Hall–Kier alpha value is -1.43. The average molecular weight is 362 g/mol. The molecule has 3 fully saturated rings. The molecule has 10 nitrogen and oxygen atoms in total. The van der Waals surface area contributed by atoms with Crippen LogP contribution in [0.3, 0.4) is 0 Å². The molecule has 3 rings (SSSR count). The molecule has 0 aromatic rings. The normalized spacial score (nSPS) is 33.7. The fraction of sp³-hybridized carbons (Fsp3) is 0.846. The topological polar surface area (TPSA) is 142 Å². The number of nitrogens with zero attached hydrogens (tertiary/aromatic N) is 2. The van der Waals surface area contributed by atoms with Crippen molar-refractivity contribution < 1.29 is 26.8 Å². The maximum atomic E-state index is 12.5. The number of amides is 3. The van der Waals surface area contributed by atoms with E-state index in [1.807, 2.05) is 0 Å². The van der Waals surface area contributed by atoms with E-state index in [9.17, 15) is 18.0 Å². The highest BCUT2D eigenvalue weighted by atomic mass is 32.3. The number of hydrogen-bond donors (Lipinski definition) is 3. The third-order valence-corrected chi connectivity index (χ3v) is 5.27. The summed E-state index contributed by atoms with van der Waals surface area (Å²) in [5.41, 5.74) is 5.85. The van der Waals surface area contributed by atoms with Gasteiger partial charge in [0.25, 0.3) is 0 Å². The molecule has 2 aliphatic heterocycles. The lowest BCUT2D eigenvalue weighted by molar-refractivity contribution is -0.127. The summed E-state index contributed by atoms with van der Waals surface area (Å²) in [6.07, 6.45) is 4.18. The molecular formula is C13H22N4O6S. The van der Waals surface area contributed by atoms with E-state index in [-0.39, 0.29) is 24.5 Å². The van der Waals surface area contributed by atoms with Crippen LogP contribution >= 0.6 is 0 Å². The molecule has 3 aliphatic rings. The van der Waals surface area contributed by atoms with Crippen molar-refractivity contribution in [2.24, 2.45) is 5.73 Å². The third kappa shape index (κ3) is 3.63. The highest BCUT2D eigenvalue weighted by molar-refractivity contribution is 7.80. The Labute approximate surface area is 140 Å². The molecule has 0 aromatic carbocycles. The van der Waals surface area contributed by atoms with Crippen molar-refractivity contribution in [3.8, 4) is 0 Å². The zero-order valence-corrected chi connectivity index (χ0v) is 13.9. The van der Waals surface area contributed by atoms with Crippen LogP contribution in [0.5, 0.6) is 0 Å². The molecule has 2 saturated heterocycles. The lowest BCUT2D eigenvalue weighted by Gasteiger charge is -2.32. The smallest absolute Gasteiger partial charge is 0.352 e. The van der Waals surface area contributed by atoms with Gasteiger partial charge in [-0.2, -0.15) is 13.5 Å². The maximum absolute atomic E-state index is 12.5. The number of fused-ring (bicyclic) bond motifs is 2. The lowest BCUT2D eigenvalue weighted by Crippen LogP contribution is -2.52. The number of urea groups is 1. The minimum atomic E-state index is -4.78. The number of rotatable bonds is 4. The van der Waals surface area contributed by atoms with Crippen molar-refractivity contribution >= 4 is 22.3 Å². The van der Waals surface area contributed by atoms with Gasteiger partial charge in [0.1, 0.15) is 6.04 Å². The molecule has 3 amide bonds. The molecule has 2 atom stereocenters. The quantitative estimate of drug-likeness (QED) is 0.565. The van der Waals surface area contributed by atoms with E-state index in [1.54, 1.807) is 0 Å². The fourth-order valence-corrected chi connectivity index (χ4v) is 4.05. The number of carbonyl (C=O) groups excluding carboxylic acids is 2. The summed E-state index contributed by atoms with van der Waals surface area (Å²) in [5.74, 6) is -0.240. The predicted octanol–water partition coefficient (Wildman–Crippen LogP) is -0.624. The van der Waals surface area contributed by atoms with E-state index in [2.05, 4.69) is 9.60 Å². The molecule has 11 heteroatoms. The Balaban J connectivity index is 1.62. The molecule has 1 aliphatic carbocycles.